The second kappa shape index (κ2) is 5.01. The Morgan fingerprint density at radius 3 is 2.69 bits per heavy atom. The van der Waals surface area contributed by atoms with Gasteiger partial charge in [-0.2, -0.15) is 0 Å². The summed E-state index contributed by atoms with van der Waals surface area (Å²) >= 11 is 0. The Labute approximate surface area is 82.9 Å². The summed E-state index contributed by atoms with van der Waals surface area (Å²) in [5, 5.41) is 0. The Bertz CT molecular complexity index is 142. The predicted octanol–water partition coefficient (Wildman–Crippen LogP) is 1.32. The van der Waals surface area contributed by atoms with E-state index in [1.165, 1.54) is 20.2 Å². The lowest BCUT2D eigenvalue weighted by molar-refractivity contribution is 0.0756. The van der Waals surface area contributed by atoms with Gasteiger partial charge in [-0.3, -0.25) is 0 Å². The minimum Gasteiger partial charge on any atom is -0.379 e. The van der Waals surface area contributed by atoms with Crippen LogP contribution < -0.4 is 0 Å². The molecule has 1 rings (SSSR count). The number of rotatable bonds is 4. The summed E-state index contributed by atoms with van der Waals surface area (Å²) in [7, 11) is 3.56. The maximum atomic E-state index is 5.56. The molecule has 2 unspecified atom stereocenters. The topological polar surface area (TPSA) is 12.5 Å². The standard InChI is InChI=1S/C10H22BNO/c1-8(2)13-6-5-10-7-12(4)9(3)11-10/h8-11H,5-7H2,1-4H3. The first-order valence-electron chi connectivity index (χ1n) is 5.41. The van der Waals surface area contributed by atoms with Crippen molar-refractivity contribution >= 4 is 7.28 Å². The molecular weight excluding hydrogens is 161 g/mol. The van der Waals surface area contributed by atoms with Crippen molar-refractivity contribution in [2.75, 3.05) is 20.2 Å². The average Bonchev–Trinajstić information content (AvgIpc) is 2.30. The van der Waals surface area contributed by atoms with Gasteiger partial charge in [0.2, 0.25) is 0 Å². The van der Waals surface area contributed by atoms with Crippen LogP contribution in [0.3, 0.4) is 0 Å². The Balaban J connectivity index is 2.10. The van der Waals surface area contributed by atoms with E-state index in [-0.39, 0.29) is 0 Å². The number of ether oxygens (including phenoxy) is 1. The van der Waals surface area contributed by atoms with Crippen LogP contribution in [0, 0.1) is 0 Å². The highest BCUT2D eigenvalue weighted by molar-refractivity contribution is 6.40. The highest BCUT2D eigenvalue weighted by Crippen LogP contribution is 2.21. The smallest absolute Gasteiger partial charge is 0.146 e. The zero-order chi connectivity index (χ0) is 9.84. The lowest BCUT2D eigenvalue weighted by atomic mass is 9.61. The number of nitrogens with zero attached hydrogens (tertiary/aromatic N) is 1. The van der Waals surface area contributed by atoms with Crippen LogP contribution in [0.5, 0.6) is 0 Å². The van der Waals surface area contributed by atoms with E-state index < -0.39 is 0 Å². The Morgan fingerprint density at radius 1 is 1.54 bits per heavy atom. The SMILES string of the molecule is CC(C)OCCC1BC(C)N(C)C1. The minimum atomic E-state index is 0.386. The van der Waals surface area contributed by atoms with Gasteiger partial charge in [-0.1, -0.05) is 6.92 Å². The molecule has 1 heterocycles. The monoisotopic (exact) mass is 183 g/mol. The van der Waals surface area contributed by atoms with Crippen molar-refractivity contribution in [3.63, 3.8) is 0 Å². The van der Waals surface area contributed by atoms with Crippen molar-refractivity contribution in [3.8, 4) is 0 Å². The van der Waals surface area contributed by atoms with Crippen LogP contribution in [0.1, 0.15) is 27.2 Å². The van der Waals surface area contributed by atoms with Crippen LogP contribution in [0.2, 0.25) is 5.82 Å². The van der Waals surface area contributed by atoms with E-state index in [0.29, 0.717) is 6.10 Å². The summed E-state index contributed by atoms with van der Waals surface area (Å²) < 4.78 is 5.56. The molecule has 13 heavy (non-hydrogen) atoms. The van der Waals surface area contributed by atoms with Crippen molar-refractivity contribution < 1.29 is 4.74 Å². The lowest BCUT2D eigenvalue weighted by Gasteiger charge is -2.14. The molecule has 1 aliphatic rings. The first-order valence-corrected chi connectivity index (χ1v) is 5.41. The molecule has 2 atom stereocenters. The van der Waals surface area contributed by atoms with Gasteiger partial charge >= 0.3 is 0 Å². The van der Waals surface area contributed by atoms with E-state index in [1.807, 2.05) is 0 Å². The van der Waals surface area contributed by atoms with Crippen molar-refractivity contribution in [2.45, 2.75) is 45.1 Å². The largest absolute Gasteiger partial charge is 0.379 e. The Kier molecular flexibility index (Phi) is 4.27. The van der Waals surface area contributed by atoms with Gasteiger partial charge in [-0.15, -0.1) is 0 Å². The molecule has 0 saturated carbocycles. The van der Waals surface area contributed by atoms with Crippen molar-refractivity contribution in [3.05, 3.63) is 0 Å². The average molecular weight is 183 g/mol. The fourth-order valence-electron chi connectivity index (χ4n) is 2.00. The third-order valence-electron chi connectivity index (χ3n) is 2.95. The molecule has 0 aromatic rings. The van der Waals surface area contributed by atoms with E-state index >= 15 is 0 Å². The van der Waals surface area contributed by atoms with Gasteiger partial charge < -0.3 is 9.64 Å². The van der Waals surface area contributed by atoms with E-state index in [9.17, 15) is 0 Å². The fourth-order valence-corrected chi connectivity index (χ4v) is 2.00. The minimum absolute atomic E-state index is 0.386. The van der Waals surface area contributed by atoms with Gasteiger partial charge in [0, 0.05) is 6.61 Å². The van der Waals surface area contributed by atoms with Crippen LogP contribution in [-0.4, -0.2) is 44.4 Å². The molecule has 3 heteroatoms. The summed E-state index contributed by atoms with van der Waals surface area (Å²) in [5.74, 6) is 1.63. The molecular formula is C10H22BNO. The third-order valence-corrected chi connectivity index (χ3v) is 2.95. The Hall–Kier alpha value is -0.0151. The van der Waals surface area contributed by atoms with Crippen LogP contribution in [0.15, 0.2) is 0 Å². The van der Waals surface area contributed by atoms with Crippen molar-refractivity contribution in [1.82, 2.24) is 4.90 Å². The molecule has 1 aliphatic heterocycles. The van der Waals surface area contributed by atoms with E-state index in [0.717, 1.165) is 18.4 Å². The highest BCUT2D eigenvalue weighted by atomic mass is 16.5. The Morgan fingerprint density at radius 2 is 2.23 bits per heavy atom. The van der Waals surface area contributed by atoms with Gasteiger partial charge in [0.1, 0.15) is 7.28 Å². The quantitative estimate of drug-likeness (QED) is 0.609. The maximum Gasteiger partial charge on any atom is 0.146 e. The van der Waals surface area contributed by atoms with Gasteiger partial charge in [0.15, 0.2) is 0 Å². The first kappa shape index (κ1) is 11.1. The molecule has 0 radical (unpaired) electrons. The zero-order valence-corrected chi connectivity index (χ0v) is 9.42. The van der Waals surface area contributed by atoms with Crippen molar-refractivity contribution in [2.24, 2.45) is 0 Å². The van der Waals surface area contributed by atoms with E-state index in [2.05, 4.69) is 32.7 Å². The van der Waals surface area contributed by atoms with Crippen LogP contribution >= 0.6 is 0 Å². The lowest BCUT2D eigenvalue weighted by Crippen LogP contribution is -2.24. The summed E-state index contributed by atoms with van der Waals surface area (Å²) in [5.41, 5.74) is 0. The molecule has 0 amide bonds. The second-order valence-electron chi connectivity index (χ2n) is 4.60. The van der Waals surface area contributed by atoms with E-state index in [4.69, 9.17) is 4.74 Å². The third kappa shape index (κ3) is 3.69. The summed E-state index contributed by atoms with van der Waals surface area (Å²) in [6.07, 6.45) is 1.61. The summed E-state index contributed by atoms with van der Waals surface area (Å²) in [6.45, 7) is 8.70. The molecule has 2 nitrogen and oxygen atoms in total. The first-order chi connectivity index (χ1) is 6.09. The van der Waals surface area contributed by atoms with Crippen LogP contribution in [0.25, 0.3) is 0 Å². The van der Waals surface area contributed by atoms with Crippen LogP contribution in [0.4, 0.5) is 0 Å². The van der Waals surface area contributed by atoms with E-state index in [1.54, 1.807) is 0 Å². The molecule has 1 fully saturated rings. The maximum absolute atomic E-state index is 5.56. The fraction of sp³-hybridized carbons (Fsp3) is 1.00. The molecule has 0 aliphatic carbocycles. The predicted molar refractivity (Wildman–Crippen MR) is 58.7 cm³/mol. The molecule has 0 aromatic carbocycles. The molecule has 1 saturated heterocycles. The molecule has 0 bridgehead atoms. The zero-order valence-electron chi connectivity index (χ0n) is 9.42. The highest BCUT2D eigenvalue weighted by Gasteiger charge is 2.27. The van der Waals surface area contributed by atoms with Crippen LogP contribution in [-0.2, 0) is 4.74 Å². The molecule has 0 spiro atoms. The van der Waals surface area contributed by atoms with Gasteiger partial charge in [0.05, 0.1) is 6.10 Å². The summed E-state index contributed by atoms with van der Waals surface area (Å²) in [6, 6.07) is 0. The normalized spacial score (nSPS) is 29.6. The number of hydrogen-bond donors (Lipinski definition) is 0. The second-order valence-corrected chi connectivity index (χ2v) is 4.60. The molecule has 0 aromatic heterocycles. The van der Waals surface area contributed by atoms with Crippen molar-refractivity contribution in [1.29, 1.82) is 0 Å². The molecule has 0 N–H and O–H groups in total. The molecule has 76 valence electrons. The van der Waals surface area contributed by atoms with Gasteiger partial charge in [-0.05, 0) is 45.6 Å². The summed E-state index contributed by atoms with van der Waals surface area (Å²) in [4.78, 5) is 2.44. The number of hydrogen-bond acceptors (Lipinski definition) is 2. The van der Waals surface area contributed by atoms with Gasteiger partial charge in [0.25, 0.3) is 0 Å². The van der Waals surface area contributed by atoms with Gasteiger partial charge in [-0.25, -0.2) is 0 Å².